The molecule has 0 aromatic rings. The summed E-state index contributed by atoms with van der Waals surface area (Å²) in [5, 5.41) is 3.42. The van der Waals surface area contributed by atoms with Gasteiger partial charge in [-0.2, -0.15) is 0 Å². The van der Waals surface area contributed by atoms with Gasteiger partial charge in [-0.15, -0.1) is 0 Å². The van der Waals surface area contributed by atoms with Crippen molar-refractivity contribution in [2.75, 3.05) is 0 Å². The van der Waals surface area contributed by atoms with Crippen LogP contribution in [0.3, 0.4) is 0 Å². The number of carbonyl (C=O) groups excluding carboxylic acids is 1. The Balaban J connectivity index is 2.06. The first-order valence-electron chi connectivity index (χ1n) is 6.71. The van der Waals surface area contributed by atoms with Crippen molar-refractivity contribution in [3.63, 3.8) is 0 Å². The third kappa shape index (κ3) is 2.10. The third-order valence-corrected chi connectivity index (χ3v) is 4.03. The van der Waals surface area contributed by atoms with Crippen molar-refractivity contribution >= 4 is 5.91 Å². The van der Waals surface area contributed by atoms with E-state index in [-0.39, 0.29) is 6.04 Å². The smallest absolute Gasteiger partial charge is 0.240 e. The van der Waals surface area contributed by atoms with Crippen LogP contribution in [0.2, 0.25) is 0 Å². The van der Waals surface area contributed by atoms with Crippen LogP contribution in [0.1, 0.15) is 52.9 Å². The molecule has 4 unspecified atom stereocenters. The average molecular weight is 224 g/mol. The Morgan fingerprint density at radius 1 is 1.38 bits per heavy atom. The molecule has 0 bridgehead atoms. The number of rotatable bonds is 3. The number of hydrogen-bond acceptors (Lipinski definition) is 2. The molecule has 0 radical (unpaired) electrons. The highest BCUT2D eigenvalue weighted by molar-refractivity contribution is 5.84. The van der Waals surface area contributed by atoms with Crippen LogP contribution < -0.4 is 5.32 Å². The van der Waals surface area contributed by atoms with Crippen LogP contribution in [-0.2, 0) is 4.79 Å². The Kier molecular flexibility index (Phi) is 3.53. The van der Waals surface area contributed by atoms with Gasteiger partial charge in [0.05, 0.1) is 12.2 Å². The van der Waals surface area contributed by atoms with Gasteiger partial charge in [0.2, 0.25) is 5.91 Å². The molecule has 0 aromatic carbocycles. The Morgan fingerprint density at radius 2 is 2.12 bits per heavy atom. The fourth-order valence-corrected chi connectivity index (χ4v) is 3.18. The molecule has 1 aliphatic heterocycles. The van der Waals surface area contributed by atoms with Gasteiger partial charge in [0, 0.05) is 6.04 Å². The summed E-state index contributed by atoms with van der Waals surface area (Å²) in [5.41, 5.74) is 0. The monoisotopic (exact) mass is 224 g/mol. The first kappa shape index (κ1) is 11.9. The summed E-state index contributed by atoms with van der Waals surface area (Å²) in [5.74, 6) is 1.11. The van der Waals surface area contributed by atoms with Crippen LogP contribution in [-0.4, -0.2) is 29.1 Å². The SMILES string of the molecule is CCCC1NC(C)C(=O)N1C1CCC(C)C1. The van der Waals surface area contributed by atoms with Crippen molar-refractivity contribution in [3.05, 3.63) is 0 Å². The number of hydrogen-bond donors (Lipinski definition) is 1. The van der Waals surface area contributed by atoms with E-state index in [1.807, 2.05) is 6.92 Å². The van der Waals surface area contributed by atoms with E-state index in [1.54, 1.807) is 0 Å². The van der Waals surface area contributed by atoms with E-state index >= 15 is 0 Å². The van der Waals surface area contributed by atoms with Gasteiger partial charge in [-0.25, -0.2) is 0 Å². The number of carbonyl (C=O) groups is 1. The molecule has 0 spiro atoms. The van der Waals surface area contributed by atoms with Crippen molar-refractivity contribution in [1.82, 2.24) is 10.2 Å². The second kappa shape index (κ2) is 4.74. The molecule has 92 valence electrons. The highest BCUT2D eigenvalue weighted by Crippen LogP contribution is 2.32. The molecule has 2 aliphatic rings. The summed E-state index contributed by atoms with van der Waals surface area (Å²) in [6.07, 6.45) is 6.18. The maximum absolute atomic E-state index is 12.1. The van der Waals surface area contributed by atoms with E-state index in [9.17, 15) is 4.79 Å². The zero-order valence-corrected chi connectivity index (χ0v) is 10.7. The zero-order chi connectivity index (χ0) is 11.7. The molecule has 16 heavy (non-hydrogen) atoms. The molecule has 1 amide bonds. The van der Waals surface area contributed by atoms with Crippen LogP contribution in [0.15, 0.2) is 0 Å². The summed E-state index contributed by atoms with van der Waals surface area (Å²) < 4.78 is 0. The lowest BCUT2D eigenvalue weighted by molar-refractivity contribution is -0.132. The summed E-state index contributed by atoms with van der Waals surface area (Å²) in [7, 11) is 0. The molecule has 3 heteroatoms. The standard InChI is InChI=1S/C13H24N2O/c1-4-5-12-14-10(3)13(16)15(12)11-7-6-9(2)8-11/h9-12,14H,4-8H2,1-3H3. The molecule has 1 saturated carbocycles. The molecule has 1 heterocycles. The van der Waals surface area contributed by atoms with Gasteiger partial charge in [0.1, 0.15) is 0 Å². The van der Waals surface area contributed by atoms with E-state index in [0.717, 1.165) is 18.8 Å². The Hall–Kier alpha value is -0.570. The summed E-state index contributed by atoms with van der Waals surface area (Å²) in [6, 6.07) is 0.518. The first-order chi connectivity index (χ1) is 7.63. The second-order valence-electron chi connectivity index (χ2n) is 5.51. The fraction of sp³-hybridized carbons (Fsp3) is 0.923. The van der Waals surface area contributed by atoms with Crippen LogP contribution in [0.25, 0.3) is 0 Å². The van der Waals surface area contributed by atoms with Crippen LogP contribution in [0.5, 0.6) is 0 Å². The lowest BCUT2D eigenvalue weighted by Gasteiger charge is -2.30. The number of amides is 1. The number of nitrogens with one attached hydrogen (secondary N) is 1. The van der Waals surface area contributed by atoms with Gasteiger partial charge in [-0.3, -0.25) is 10.1 Å². The van der Waals surface area contributed by atoms with E-state index in [2.05, 4.69) is 24.1 Å². The highest BCUT2D eigenvalue weighted by Gasteiger charge is 2.41. The van der Waals surface area contributed by atoms with Gasteiger partial charge < -0.3 is 4.90 Å². The maximum Gasteiger partial charge on any atom is 0.240 e. The predicted molar refractivity (Wildman–Crippen MR) is 64.9 cm³/mol. The van der Waals surface area contributed by atoms with Crippen LogP contribution in [0.4, 0.5) is 0 Å². The Morgan fingerprint density at radius 3 is 2.69 bits per heavy atom. The largest absolute Gasteiger partial charge is 0.323 e. The molecular weight excluding hydrogens is 200 g/mol. The minimum atomic E-state index is 0.0208. The Bertz CT molecular complexity index is 263. The summed E-state index contributed by atoms with van der Waals surface area (Å²) in [6.45, 7) is 6.47. The molecule has 3 nitrogen and oxygen atoms in total. The van der Waals surface area contributed by atoms with Crippen molar-refractivity contribution in [3.8, 4) is 0 Å². The average Bonchev–Trinajstić information content (AvgIpc) is 2.74. The summed E-state index contributed by atoms with van der Waals surface area (Å²) >= 11 is 0. The van der Waals surface area contributed by atoms with Gasteiger partial charge in [-0.05, 0) is 38.5 Å². The van der Waals surface area contributed by atoms with Crippen LogP contribution in [0, 0.1) is 5.92 Å². The summed E-state index contributed by atoms with van der Waals surface area (Å²) in [4.78, 5) is 14.3. The minimum Gasteiger partial charge on any atom is -0.323 e. The van der Waals surface area contributed by atoms with Gasteiger partial charge in [0.25, 0.3) is 0 Å². The van der Waals surface area contributed by atoms with Crippen molar-refractivity contribution < 1.29 is 4.79 Å². The lowest BCUT2D eigenvalue weighted by Crippen LogP contribution is -2.43. The van der Waals surface area contributed by atoms with Crippen LogP contribution >= 0.6 is 0 Å². The molecule has 1 saturated heterocycles. The molecule has 2 rings (SSSR count). The Labute approximate surface area is 98.6 Å². The van der Waals surface area contributed by atoms with Gasteiger partial charge in [-0.1, -0.05) is 20.3 Å². The normalized spacial score (nSPS) is 39.7. The van der Waals surface area contributed by atoms with E-state index in [1.165, 1.54) is 19.3 Å². The molecule has 0 aromatic heterocycles. The van der Waals surface area contributed by atoms with Crippen molar-refractivity contribution in [1.29, 1.82) is 0 Å². The van der Waals surface area contributed by atoms with Crippen molar-refractivity contribution in [2.45, 2.75) is 71.1 Å². The molecule has 4 atom stereocenters. The minimum absolute atomic E-state index is 0.0208. The highest BCUT2D eigenvalue weighted by atomic mass is 16.2. The topological polar surface area (TPSA) is 32.3 Å². The third-order valence-electron chi connectivity index (χ3n) is 4.03. The quantitative estimate of drug-likeness (QED) is 0.796. The molecular formula is C13H24N2O. The van der Waals surface area contributed by atoms with Crippen molar-refractivity contribution in [2.24, 2.45) is 5.92 Å². The predicted octanol–water partition coefficient (Wildman–Crippen LogP) is 2.12. The van der Waals surface area contributed by atoms with E-state index in [4.69, 9.17) is 0 Å². The molecule has 1 N–H and O–H groups in total. The van der Waals surface area contributed by atoms with E-state index < -0.39 is 0 Å². The first-order valence-corrected chi connectivity index (χ1v) is 6.71. The number of nitrogens with zero attached hydrogens (tertiary/aromatic N) is 1. The van der Waals surface area contributed by atoms with Gasteiger partial charge in [0.15, 0.2) is 0 Å². The lowest BCUT2D eigenvalue weighted by atomic mass is 10.1. The zero-order valence-electron chi connectivity index (χ0n) is 10.7. The molecule has 2 fully saturated rings. The second-order valence-corrected chi connectivity index (χ2v) is 5.51. The fourth-order valence-electron chi connectivity index (χ4n) is 3.18. The maximum atomic E-state index is 12.1. The molecule has 1 aliphatic carbocycles. The van der Waals surface area contributed by atoms with Gasteiger partial charge >= 0.3 is 0 Å². The van der Waals surface area contributed by atoms with E-state index in [0.29, 0.717) is 18.1 Å².